The molecule has 1 rings (SSSR count). The molecule has 0 aliphatic heterocycles. The van der Waals surface area contributed by atoms with Crippen molar-refractivity contribution in [3.63, 3.8) is 0 Å². The summed E-state index contributed by atoms with van der Waals surface area (Å²) in [6, 6.07) is 9.15. The molecule has 2 heteroatoms. The van der Waals surface area contributed by atoms with Crippen LogP contribution in [0, 0.1) is 9.49 Å². The molecule has 0 spiro atoms. The fourth-order valence-electron chi connectivity index (χ4n) is 1.28. The van der Waals surface area contributed by atoms with Gasteiger partial charge >= 0.3 is 0 Å². The highest BCUT2D eigenvalue weighted by Crippen LogP contribution is 2.14. The van der Waals surface area contributed by atoms with Crippen molar-refractivity contribution in [2.75, 3.05) is 6.54 Å². The van der Waals surface area contributed by atoms with Crippen LogP contribution in [-0.2, 0) is 0 Å². The van der Waals surface area contributed by atoms with Crippen LogP contribution in [-0.4, -0.2) is 6.54 Å². The molecule has 1 atom stereocenters. The van der Waals surface area contributed by atoms with Crippen LogP contribution in [0.15, 0.2) is 24.3 Å². The van der Waals surface area contributed by atoms with E-state index in [0.717, 1.165) is 6.54 Å². The first-order valence-electron chi connectivity index (χ1n) is 5.08. The second-order valence-corrected chi connectivity index (χ2v) is 5.32. The molecule has 1 aromatic rings. The van der Waals surface area contributed by atoms with Gasteiger partial charge in [0.25, 0.3) is 0 Å². The minimum absolute atomic E-state index is 0.453. The third kappa shape index (κ3) is 3.96. The lowest BCUT2D eigenvalue weighted by atomic mass is 10.1. The van der Waals surface area contributed by atoms with E-state index in [1.54, 1.807) is 0 Å². The van der Waals surface area contributed by atoms with Crippen LogP contribution < -0.4 is 5.32 Å². The molecule has 0 saturated carbocycles. The molecule has 78 valence electrons. The maximum atomic E-state index is 3.52. The summed E-state index contributed by atoms with van der Waals surface area (Å²) in [7, 11) is 0. The first-order chi connectivity index (χ1) is 6.59. The molecular weight excluding hydrogens is 285 g/mol. The van der Waals surface area contributed by atoms with E-state index in [4.69, 9.17) is 0 Å². The van der Waals surface area contributed by atoms with Crippen molar-refractivity contribution in [3.8, 4) is 0 Å². The van der Waals surface area contributed by atoms with Gasteiger partial charge in [-0.1, -0.05) is 26.0 Å². The second-order valence-electron chi connectivity index (χ2n) is 4.08. The highest BCUT2D eigenvalue weighted by Gasteiger charge is 2.04. The average Bonchev–Trinajstić information content (AvgIpc) is 2.15. The molecule has 0 heterocycles. The lowest BCUT2D eigenvalue weighted by Crippen LogP contribution is -2.23. The number of rotatable bonds is 4. The Morgan fingerprint density at radius 1 is 1.14 bits per heavy atom. The van der Waals surface area contributed by atoms with Gasteiger partial charge in [-0.25, -0.2) is 0 Å². The van der Waals surface area contributed by atoms with Gasteiger partial charge in [0.2, 0.25) is 0 Å². The third-order valence-corrected chi connectivity index (χ3v) is 2.92. The highest BCUT2D eigenvalue weighted by atomic mass is 127. The fourth-order valence-corrected chi connectivity index (χ4v) is 1.64. The number of halogens is 1. The van der Waals surface area contributed by atoms with Crippen molar-refractivity contribution in [3.05, 3.63) is 33.4 Å². The normalized spacial score (nSPS) is 13.2. The van der Waals surface area contributed by atoms with Gasteiger partial charge in [0.05, 0.1) is 0 Å². The summed E-state index contributed by atoms with van der Waals surface area (Å²) in [5, 5.41) is 3.52. The van der Waals surface area contributed by atoms with Crippen LogP contribution in [0.5, 0.6) is 0 Å². The molecule has 0 saturated heterocycles. The Labute approximate surface area is 100 Å². The predicted octanol–water partition coefficient (Wildman–Crippen LogP) is 3.60. The zero-order valence-corrected chi connectivity index (χ0v) is 11.2. The van der Waals surface area contributed by atoms with Crippen LogP contribution in [0.1, 0.15) is 32.4 Å². The van der Waals surface area contributed by atoms with Gasteiger partial charge in [-0.05, 0) is 59.7 Å². The monoisotopic (exact) mass is 303 g/mol. The van der Waals surface area contributed by atoms with E-state index >= 15 is 0 Å². The zero-order chi connectivity index (χ0) is 10.6. The molecule has 1 aromatic carbocycles. The molecule has 1 N–H and O–H groups in total. The van der Waals surface area contributed by atoms with E-state index in [2.05, 4.69) is 72.9 Å². The summed E-state index contributed by atoms with van der Waals surface area (Å²) >= 11 is 2.33. The SMILES string of the molecule is CC(C)CN[C@H](C)c1ccc(I)cc1. The summed E-state index contributed by atoms with van der Waals surface area (Å²) < 4.78 is 1.29. The summed E-state index contributed by atoms with van der Waals surface area (Å²) in [4.78, 5) is 0. The van der Waals surface area contributed by atoms with Gasteiger partial charge in [0, 0.05) is 9.61 Å². The Hall–Kier alpha value is -0.0900. The maximum absolute atomic E-state index is 3.52. The maximum Gasteiger partial charge on any atom is 0.0291 e. The second kappa shape index (κ2) is 5.71. The Morgan fingerprint density at radius 2 is 1.71 bits per heavy atom. The largest absolute Gasteiger partial charge is 0.310 e. The molecule has 0 bridgehead atoms. The number of benzene rings is 1. The van der Waals surface area contributed by atoms with Crippen LogP contribution in [0.2, 0.25) is 0 Å². The molecule has 0 amide bonds. The lowest BCUT2D eigenvalue weighted by molar-refractivity contribution is 0.496. The molecular formula is C12H18IN. The first-order valence-corrected chi connectivity index (χ1v) is 6.16. The van der Waals surface area contributed by atoms with Crippen molar-refractivity contribution in [1.82, 2.24) is 5.32 Å². The van der Waals surface area contributed by atoms with Crippen LogP contribution >= 0.6 is 22.6 Å². The van der Waals surface area contributed by atoms with E-state index in [-0.39, 0.29) is 0 Å². The van der Waals surface area contributed by atoms with E-state index < -0.39 is 0 Å². The van der Waals surface area contributed by atoms with Crippen molar-refractivity contribution >= 4 is 22.6 Å². The van der Waals surface area contributed by atoms with Crippen molar-refractivity contribution in [1.29, 1.82) is 0 Å². The highest BCUT2D eigenvalue weighted by molar-refractivity contribution is 14.1. The molecule has 0 unspecified atom stereocenters. The number of hydrogen-bond donors (Lipinski definition) is 1. The quantitative estimate of drug-likeness (QED) is 0.838. The van der Waals surface area contributed by atoms with Gasteiger partial charge in [0.1, 0.15) is 0 Å². The van der Waals surface area contributed by atoms with Crippen molar-refractivity contribution < 1.29 is 0 Å². The first kappa shape index (κ1) is 12.0. The Balaban J connectivity index is 2.52. The van der Waals surface area contributed by atoms with Gasteiger partial charge in [-0.15, -0.1) is 0 Å². The fraction of sp³-hybridized carbons (Fsp3) is 0.500. The zero-order valence-electron chi connectivity index (χ0n) is 9.05. The Bertz CT molecular complexity index is 266. The van der Waals surface area contributed by atoms with E-state index in [1.165, 1.54) is 9.13 Å². The van der Waals surface area contributed by atoms with Gasteiger partial charge in [-0.2, -0.15) is 0 Å². The Kier molecular flexibility index (Phi) is 4.89. The number of hydrogen-bond acceptors (Lipinski definition) is 1. The third-order valence-electron chi connectivity index (χ3n) is 2.20. The van der Waals surface area contributed by atoms with Crippen LogP contribution in [0.3, 0.4) is 0 Å². The summed E-state index contributed by atoms with van der Waals surface area (Å²) in [6.07, 6.45) is 0. The molecule has 0 aliphatic carbocycles. The van der Waals surface area contributed by atoms with Gasteiger partial charge in [-0.3, -0.25) is 0 Å². The summed E-state index contributed by atoms with van der Waals surface area (Å²) in [6.45, 7) is 7.75. The van der Waals surface area contributed by atoms with Crippen LogP contribution in [0.25, 0.3) is 0 Å². The van der Waals surface area contributed by atoms with Crippen LogP contribution in [0.4, 0.5) is 0 Å². The van der Waals surface area contributed by atoms with E-state index in [1.807, 2.05) is 0 Å². The standard InChI is InChI=1S/C12H18IN/c1-9(2)8-14-10(3)11-4-6-12(13)7-5-11/h4-7,9-10,14H,8H2,1-3H3/t10-/m1/s1. The smallest absolute Gasteiger partial charge is 0.0291 e. The summed E-state index contributed by atoms with van der Waals surface area (Å²) in [5.74, 6) is 0.710. The molecule has 1 nitrogen and oxygen atoms in total. The molecule has 0 aliphatic rings. The number of nitrogens with one attached hydrogen (secondary N) is 1. The average molecular weight is 303 g/mol. The lowest BCUT2D eigenvalue weighted by Gasteiger charge is -2.15. The molecule has 0 fully saturated rings. The summed E-state index contributed by atoms with van der Waals surface area (Å²) in [5.41, 5.74) is 1.37. The molecule has 14 heavy (non-hydrogen) atoms. The van der Waals surface area contributed by atoms with E-state index in [0.29, 0.717) is 12.0 Å². The minimum Gasteiger partial charge on any atom is -0.310 e. The van der Waals surface area contributed by atoms with Gasteiger partial charge < -0.3 is 5.32 Å². The Morgan fingerprint density at radius 3 is 2.21 bits per heavy atom. The topological polar surface area (TPSA) is 12.0 Å². The minimum atomic E-state index is 0.453. The van der Waals surface area contributed by atoms with E-state index in [9.17, 15) is 0 Å². The van der Waals surface area contributed by atoms with Gasteiger partial charge in [0.15, 0.2) is 0 Å². The van der Waals surface area contributed by atoms with Crippen molar-refractivity contribution in [2.24, 2.45) is 5.92 Å². The molecule has 0 radical (unpaired) electrons. The molecule has 0 aromatic heterocycles. The van der Waals surface area contributed by atoms with Crippen molar-refractivity contribution in [2.45, 2.75) is 26.8 Å². The predicted molar refractivity (Wildman–Crippen MR) is 70.4 cm³/mol.